The smallest absolute Gasteiger partial charge is 0.410 e. The Bertz CT molecular complexity index is 1800. The molecule has 1 aromatic carbocycles. The summed E-state index contributed by atoms with van der Waals surface area (Å²) in [4.78, 5) is 64.2. The Hall–Kier alpha value is -4.79. The van der Waals surface area contributed by atoms with Crippen LogP contribution in [0.4, 0.5) is 25.1 Å². The second kappa shape index (κ2) is 14.6. The van der Waals surface area contributed by atoms with E-state index in [1.165, 1.54) is 40.9 Å². The van der Waals surface area contributed by atoms with Crippen molar-refractivity contribution in [2.24, 2.45) is 13.0 Å². The van der Waals surface area contributed by atoms with E-state index in [1.54, 1.807) is 23.9 Å². The highest BCUT2D eigenvalue weighted by molar-refractivity contribution is 6.34. The summed E-state index contributed by atoms with van der Waals surface area (Å²) in [5.74, 6) is -3.18. The van der Waals surface area contributed by atoms with E-state index in [0.29, 0.717) is 51.1 Å². The first kappa shape index (κ1) is 36.5. The van der Waals surface area contributed by atoms with E-state index in [9.17, 15) is 28.0 Å². The number of aromatic nitrogens is 3. The van der Waals surface area contributed by atoms with Gasteiger partial charge in [0.25, 0.3) is 11.8 Å². The molecule has 268 valence electrons. The van der Waals surface area contributed by atoms with Crippen molar-refractivity contribution in [2.75, 3.05) is 50.5 Å². The van der Waals surface area contributed by atoms with E-state index in [2.05, 4.69) is 20.6 Å². The van der Waals surface area contributed by atoms with Crippen molar-refractivity contribution in [3.05, 3.63) is 58.6 Å². The first-order valence-electron chi connectivity index (χ1n) is 16.3. The first-order chi connectivity index (χ1) is 23.5. The van der Waals surface area contributed by atoms with Crippen molar-refractivity contribution >= 4 is 46.9 Å². The molecule has 16 heteroatoms. The van der Waals surface area contributed by atoms with Gasteiger partial charge in [0.15, 0.2) is 17.5 Å². The SMILES string of the molecule is CN(C)c1nc(F)c(-c2cnc(C(=O)Nc3ccc(C(=O)N4CCC(C(=O)NC5CCN(C(=O)OC(C)(C)C)C5)CC4)c(Cl)c3)n2C)cc1F. The molecule has 0 aliphatic carbocycles. The quantitative estimate of drug-likeness (QED) is 0.336. The number of imidazole rings is 1. The summed E-state index contributed by atoms with van der Waals surface area (Å²) in [5, 5.41) is 5.84. The van der Waals surface area contributed by atoms with Crippen LogP contribution in [-0.4, -0.2) is 100 Å². The number of ether oxygens (including phenoxy) is 1. The van der Waals surface area contributed by atoms with Crippen molar-refractivity contribution in [3.8, 4) is 11.3 Å². The number of amides is 4. The molecule has 0 radical (unpaired) electrons. The molecule has 2 saturated heterocycles. The third-order valence-corrected chi connectivity index (χ3v) is 8.91. The Morgan fingerprint density at radius 1 is 1.02 bits per heavy atom. The lowest BCUT2D eigenvalue weighted by molar-refractivity contribution is -0.127. The molecule has 2 aliphatic heterocycles. The number of piperidine rings is 1. The van der Waals surface area contributed by atoms with Crippen LogP contribution in [0.25, 0.3) is 11.3 Å². The van der Waals surface area contributed by atoms with Gasteiger partial charge in [-0.3, -0.25) is 14.4 Å². The predicted molar refractivity (Wildman–Crippen MR) is 183 cm³/mol. The van der Waals surface area contributed by atoms with Gasteiger partial charge in [0.1, 0.15) is 5.60 Å². The molecule has 50 heavy (non-hydrogen) atoms. The Morgan fingerprint density at radius 3 is 2.34 bits per heavy atom. The molecular weight excluding hydrogens is 674 g/mol. The van der Waals surface area contributed by atoms with Crippen LogP contribution < -0.4 is 15.5 Å². The molecule has 5 rings (SSSR count). The van der Waals surface area contributed by atoms with Crippen molar-refractivity contribution in [1.29, 1.82) is 0 Å². The van der Waals surface area contributed by atoms with E-state index in [4.69, 9.17) is 16.3 Å². The number of rotatable bonds is 7. The lowest BCUT2D eigenvalue weighted by Gasteiger charge is -2.32. The molecule has 3 aromatic rings. The number of carbonyl (C=O) groups is 4. The van der Waals surface area contributed by atoms with Gasteiger partial charge in [0.05, 0.1) is 28.0 Å². The monoisotopic (exact) mass is 714 g/mol. The molecule has 2 fully saturated rings. The highest BCUT2D eigenvalue weighted by Crippen LogP contribution is 2.29. The minimum atomic E-state index is -0.915. The molecule has 0 spiro atoms. The van der Waals surface area contributed by atoms with Crippen LogP contribution >= 0.6 is 11.6 Å². The molecule has 2 N–H and O–H groups in total. The fourth-order valence-electron chi connectivity index (χ4n) is 5.98. The third-order valence-electron chi connectivity index (χ3n) is 8.60. The third kappa shape index (κ3) is 8.15. The van der Waals surface area contributed by atoms with Gasteiger partial charge in [0.2, 0.25) is 11.9 Å². The van der Waals surface area contributed by atoms with Gasteiger partial charge in [-0.05, 0) is 64.3 Å². The molecule has 4 heterocycles. The standard InChI is InChI=1S/C34H41ClF2N8O5/c1-34(2,3)50-33(49)45-14-11-21(18-45)40-30(46)19-9-12-44(13-10-19)32(48)22-8-7-20(15-24(22)35)39-31(47)29-38-17-26(43(29)6)23-16-25(36)28(42(4)5)41-27(23)37/h7-8,15-17,19,21H,9-14,18H2,1-6H3,(H,39,47)(H,40,46). The Balaban J connectivity index is 1.14. The zero-order valence-corrected chi connectivity index (χ0v) is 29.6. The number of hydrogen-bond donors (Lipinski definition) is 2. The minimum absolute atomic E-state index is 0.0759. The number of carbonyl (C=O) groups excluding carboxylic acids is 4. The number of nitrogens with zero attached hydrogens (tertiary/aromatic N) is 6. The molecule has 0 bridgehead atoms. The van der Waals surface area contributed by atoms with Crippen molar-refractivity contribution in [3.63, 3.8) is 0 Å². The summed E-state index contributed by atoms with van der Waals surface area (Å²) in [6.45, 7) is 7.04. The first-order valence-corrected chi connectivity index (χ1v) is 16.6. The highest BCUT2D eigenvalue weighted by atomic mass is 35.5. The summed E-state index contributed by atoms with van der Waals surface area (Å²) in [6, 6.07) is 5.33. The van der Waals surface area contributed by atoms with Gasteiger partial charge in [-0.25, -0.2) is 14.2 Å². The lowest BCUT2D eigenvalue weighted by atomic mass is 9.95. The van der Waals surface area contributed by atoms with E-state index in [0.717, 1.165) is 6.07 Å². The number of hydrogen-bond acceptors (Lipinski definition) is 8. The number of nitrogens with one attached hydrogen (secondary N) is 2. The molecular formula is C34H41ClF2N8O5. The van der Waals surface area contributed by atoms with E-state index >= 15 is 0 Å². The summed E-state index contributed by atoms with van der Waals surface area (Å²) in [5.41, 5.74) is -0.0655. The van der Waals surface area contributed by atoms with Gasteiger partial charge in [0, 0.05) is 65.0 Å². The average molecular weight is 715 g/mol. The maximum atomic E-state index is 14.8. The Morgan fingerprint density at radius 2 is 1.70 bits per heavy atom. The van der Waals surface area contributed by atoms with Crippen molar-refractivity contribution in [2.45, 2.75) is 51.7 Å². The van der Waals surface area contributed by atoms with E-state index < -0.39 is 29.4 Å². The van der Waals surface area contributed by atoms with Gasteiger partial charge in [-0.1, -0.05) is 11.6 Å². The molecule has 2 aromatic heterocycles. The van der Waals surface area contributed by atoms with Crippen LogP contribution in [0.3, 0.4) is 0 Å². The lowest BCUT2D eigenvalue weighted by Crippen LogP contribution is -2.46. The molecule has 2 aliphatic rings. The maximum Gasteiger partial charge on any atom is 0.410 e. The number of benzene rings is 1. The zero-order chi connectivity index (χ0) is 36.5. The Labute approximate surface area is 293 Å². The number of anilines is 2. The molecule has 13 nitrogen and oxygen atoms in total. The molecule has 1 atom stereocenters. The Kier molecular flexibility index (Phi) is 10.6. The van der Waals surface area contributed by atoms with Gasteiger partial charge in [-0.2, -0.15) is 9.37 Å². The largest absolute Gasteiger partial charge is 0.444 e. The summed E-state index contributed by atoms with van der Waals surface area (Å²) < 4.78 is 36.1. The summed E-state index contributed by atoms with van der Waals surface area (Å²) in [6.07, 6.45) is 2.45. The van der Waals surface area contributed by atoms with E-state index in [1.807, 2.05) is 20.8 Å². The second-order valence-corrected chi connectivity index (χ2v) is 14.1. The molecule has 4 amide bonds. The molecule has 1 unspecified atom stereocenters. The van der Waals surface area contributed by atoms with Crippen molar-refractivity contribution < 1.29 is 32.7 Å². The highest BCUT2D eigenvalue weighted by Gasteiger charge is 2.34. The number of pyridine rings is 1. The summed E-state index contributed by atoms with van der Waals surface area (Å²) >= 11 is 6.49. The van der Waals surface area contributed by atoms with Crippen LogP contribution in [0.1, 0.15) is 61.0 Å². The average Bonchev–Trinajstić information content (AvgIpc) is 3.67. The number of halogens is 3. The van der Waals surface area contributed by atoms with Gasteiger partial charge < -0.3 is 34.6 Å². The predicted octanol–water partition coefficient (Wildman–Crippen LogP) is 4.71. The van der Waals surface area contributed by atoms with E-state index in [-0.39, 0.29) is 57.3 Å². The van der Waals surface area contributed by atoms with Crippen molar-refractivity contribution in [1.82, 2.24) is 29.7 Å². The topological polar surface area (TPSA) is 142 Å². The number of likely N-dealkylation sites (tertiary alicyclic amines) is 2. The van der Waals surface area contributed by atoms with Gasteiger partial charge in [-0.15, -0.1) is 0 Å². The van der Waals surface area contributed by atoms with Gasteiger partial charge >= 0.3 is 6.09 Å². The maximum absolute atomic E-state index is 14.8. The van der Waals surface area contributed by atoms with Crippen LogP contribution in [0.15, 0.2) is 30.5 Å². The second-order valence-electron chi connectivity index (χ2n) is 13.7. The molecule has 0 saturated carbocycles. The minimum Gasteiger partial charge on any atom is -0.444 e. The summed E-state index contributed by atoms with van der Waals surface area (Å²) in [7, 11) is 4.57. The fraction of sp³-hybridized carbons (Fsp3) is 0.471. The fourth-order valence-corrected chi connectivity index (χ4v) is 6.24. The van der Waals surface area contributed by atoms with Crippen LogP contribution in [-0.2, 0) is 16.6 Å². The van der Waals surface area contributed by atoms with Crippen LogP contribution in [0, 0.1) is 17.7 Å². The van der Waals surface area contributed by atoms with Crippen LogP contribution in [0.5, 0.6) is 0 Å². The van der Waals surface area contributed by atoms with Crippen LogP contribution in [0.2, 0.25) is 5.02 Å². The normalized spacial score (nSPS) is 16.7. The zero-order valence-electron chi connectivity index (χ0n) is 28.8.